The molecule has 2 aromatic carbocycles. The van der Waals surface area contributed by atoms with E-state index in [9.17, 15) is 22.0 Å². The summed E-state index contributed by atoms with van der Waals surface area (Å²) in [7, 11) is 1.39. The molecule has 0 aliphatic carbocycles. The van der Waals surface area contributed by atoms with E-state index in [2.05, 4.69) is 14.9 Å². The van der Waals surface area contributed by atoms with Gasteiger partial charge in [-0.1, -0.05) is 0 Å². The van der Waals surface area contributed by atoms with Gasteiger partial charge in [0.2, 0.25) is 40.7 Å². The monoisotopic (exact) mass is 455 g/mol. The highest BCUT2D eigenvalue weighted by Gasteiger charge is 2.28. The van der Waals surface area contributed by atoms with E-state index in [4.69, 9.17) is 14.2 Å². The first-order valence-electron chi connectivity index (χ1n) is 9.78. The molecule has 1 aromatic heterocycles. The van der Waals surface area contributed by atoms with Crippen molar-refractivity contribution in [1.29, 1.82) is 0 Å². The third-order valence-electron chi connectivity index (χ3n) is 5.12. The molecule has 0 bridgehead atoms. The summed E-state index contributed by atoms with van der Waals surface area (Å²) in [6.07, 6.45) is 3.34. The van der Waals surface area contributed by atoms with Gasteiger partial charge in [0.15, 0.2) is 11.5 Å². The third kappa shape index (κ3) is 4.12. The van der Waals surface area contributed by atoms with Crippen LogP contribution in [0.5, 0.6) is 23.1 Å². The van der Waals surface area contributed by atoms with Crippen LogP contribution in [-0.2, 0) is 0 Å². The largest absolute Gasteiger partial charge is 0.493 e. The maximum absolute atomic E-state index is 14.0. The molecule has 1 fully saturated rings. The summed E-state index contributed by atoms with van der Waals surface area (Å²) < 4.78 is 84.5. The first kappa shape index (κ1) is 22.0. The molecule has 11 heteroatoms. The highest BCUT2D eigenvalue weighted by Crippen LogP contribution is 2.38. The zero-order valence-corrected chi connectivity index (χ0v) is 16.9. The molecular formula is C21H18F5N3O3. The molecule has 0 unspecified atom stereocenters. The van der Waals surface area contributed by atoms with Crippen molar-refractivity contribution in [2.75, 3.05) is 33.4 Å². The number of ether oxygens (including phenoxy) is 3. The van der Waals surface area contributed by atoms with Crippen LogP contribution in [0, 0.1) is 29.1 Å². The molecule has 0 radical (unpaired) electrons. The minimum absolute atomic E-state index is 0.125. The van der Waals surface area contributed by atoms with Gasteiger partial charge in [0.1, 0.15) is 12.9 Å². The molecule has 4 rings (SSSR count). The Labute approximate surface area is 179 Å². The molecule has 1 aliphatic heterocycles. The van der Waals surface area contributed by atoms with Gasteiger partial charge in [-0.25, -0.2) is 23.1 Å². The summed E-state index contributed by atoms with van der Waals surface area (Å²) in [4.78, 5) is 10.1. The Hall–Kier alpha value is -3.21. The fraction of sp³-hybridized carbons (Fsp3) is 0.333. The molecule has 0 N–H and O–H groups in total. The molecule has 170 valence electrons. The molecule has 3 aromatic rings. The Bertz CT molecular complexity index is 1130. The highest BCUT2D eigenvalue weighted by molar-refractivity contribution is 5.87. The van der Waals surface area contributed by atoms with Crippen molar-refractivity contribution >= 4 is 10.9 Å². The standard InChI is InChI=1S/C21H18F5N3O3/c1-30-13-8-11-12(9-14(13)31-7-6-29-4-2-3-5-29)27-10-28-21(11)32-20-18(25)16(23)15(22)17(24)19(20)26/h8-10H,2-7H2,1H3. The summed E-state index contributed by atoms with van der Waals surface area (Å²) >= 11 is 0. The lowest BCUT2D eigenvalue weighted by Crippen LogP contribution is -2.25. The van der Waals surface area contributed by atoms with Gasteiger partial charge in [0, 0.05) is 12.6 Å². The van der Waals surface area contributed by atoms with Crippen LogP contribution in [0.25, 0.3) is 10.9 Å². The Morgan fingerprint density at radius 3 is 2.19 bits per heavy atom. The molecule has 32 heavy (non-hydrogen) atoms. The van der Waals surface area contributed by atoms with E-state index in [1.807, 2.05) is 0 Å². The van der Waals surface area contributed by atoms with Crippen LogP contribution in [0.3, 0.4) is 0 Å². The van der Waals surface area contributed by atoms with Crippen molar-refractivity contribution in [3.63, 3.8) is 0 Å². The number of fused-ring (bicyclic) bond motifs is 1. The number of rotatable bonds is 7. The predicted molar refractivity (Wildman–Crippen MR) is 104 cm³/mol. The van der Waals surface area contributed by atoms with Crippen molar-refractivity contribution < 1.29 is 36.2 Å². The first-order valence-corrected chi connectivity index (χ1v) is 9.78. The van der Waals surface area contributed by atoms with E-state index < -0.39 is 40.7 Å². The van der Waals surface area contributed by atoms with Crippen LogP contribution in [0.4, 0.5) is 22.0 Å². The Morgan fingerprint density at radius 1 is 0.875 bits per heavy atom. The van der Waals surface area contributed by atoms with Crippen molar-refractivity contribution in [2.45, 2.75) is 12.8 Å². The summed E-state index contributed by atoms with van der Waals surface area (Å²) in [6, 6.07) is 2.92. The molecule has 2 heterocycles. The number of nitrogens with zero attached hydrogens (tertiary/aromatic N) is 3. The second-order valence-corrected chi connectivity index (χ2v) is 7.10. The quantitative estimate of drug-likeness (QED) is 0.295. The maximum Gasteiger partial charge on any atom is 0.230 e. The molecule has 0 amide bonds. The number of aromatic nitrogens is 2. The number of halogens is 5. The average molecular weight is 455 g/mol. The molecule has 6 nitrogen and oxygen atoms in total. The van der Waals surface area contributed by atoms with Crippen LogP contribution in [0.1, 0.15) is 12.8 Å². The van der Waals surface area contributed by atoms with Crippen molar-refractivity contribution in [3.05, 3.63) is 47.5 Å². The highest BCUT2D eigenvalue weighted by atomic mass is 19.2. The summed E-state index contributed by atoms with van der Waals surface area (Å²) in [5, 5.41) is 0.125. The number of hydrogen-bond donors (Lipinski definition) is 0. The van der Waals surface area contributed by atoms with Gasteiger partial charge in [0.05, 0.1) is 18.0 Å². The Kier molecular flexibility index (Phi) is 6.26. The lowest BCUT2D eigenvalue weighted by atomic mass is 10.2. The smallest absolute Gasteiger partial charge is 0.230 e. The van der Waals surface area contributed by atoms with Crippen molar-refractivity contribution in [3.8, 4) is 23.1 Å². The maximum atomic E-state index is 14.0. The third-order valence-corrected chi connectivity index (χ3v) is 5.12. The average Bonchev–Trinajstić information content (AvgIpc) is 3.32. The van der Waals surface area contributed by atoms with Crippen LogP contribution in [0.15, 0.2) is 18.5 Å². The van der Waals surface area contributed by atoms with Gasteiger partial charge in [-0.15, -0.1) is 0 Å². The normalized spacial score (nSPS) is 14.2. The number of likely N-dealkylation sites (tertiary alicyclic amines) is 1. The fourth-order valence-electron chi connectivity index (χ4n) is 3.46. The summed E-state index contributed by atoms with van der Waals surface area (Å²) in [6.45, 7) is 3.17. The summed E-state index contributed by atoms with van der Waals surface area (Å²) in [5.41, 5.74) is 0.260. The molecular weight excluding hydrogens is 437 g/mol. The molecule has 0 atom stereocenters. The lowest BCUT2D eigenvalue weighted by molar-refractivity contribution is 0.230. The lowest BCUT2D eigenvalue weighted by Gasteiger charge is -2.17. The van der Waals surface area contributed by atoms with E-state index in [0.717, 1.165) is 38.8 Å². The van der Waals surface area contributed by atoms with Gasteiger partial charge in [0.25, 0.3) is 0 Å². The molecule has 1 aliphatic rings. The van der Waals surface area contributed by atoms with E-state index in [-0.39, 0.29) is 16.7 Å². The topological polar surface area (TPSA) is 56.7 Å². The SMILES string of the molecule is COc1cc2c(Oc3c(F)c(F)c(F)c(F)c3F)ncnc2cc1OCCN1CCCC1. The van der Waals surface area contributed by atoms with Crippen molar-refractivity contribution in [1.82, 2.24) is 14.9 Å². The van der Waals surface area contributed by atoms with Crippen LogP contribution in [0.2, 0.25) is 0 Å². The van der Waals surface area contributed by atoms with E-state index >= 15 is 0 Å². The molecule has 1 saturated heterocycles. The number of hydrogen-bond acceptors (Lipinski definition) is 6. The van der Waals surface area contributed by atoms with Gasteiger partial charge < -0.3 is 14.2 Å². The first-order chi connectivity index (χ1) is 15.4. The van der Waals surface area contributed by atoms with Gasteiger partial charge in [-0.2, -0.15) is 8.78 Å². The van der Waals surface area contributed by atoms with Gasteiger partial charge in [-0.05, 0) is 32.0 Å². The zero-order chi connectivity index (χ0) is 22.8. The zero-order valence-electron chi connectivity index (χ0n) is 16.9. The second kappa shape index (κ2) is 9.11. The van der Waals surface area contributed by atoms with E-state index in [1.165, 1.54) is 19.2 Å². The minimum atomic E-state index is -2.28. The molecule has 0 spiro atoms. The Balaban J connectivity index is 1.65. The number of methoxy groups -OCH3 is 1. The Morgan fingerprint density at radius 2 is 1.53 bits per heavy atom. The summed E-state index contributed by atoms with van der Waals surface area (Å²) in [5.74, 6) is -12.0. The van der Waals surface area contributed by atoms with Crippen LogP contribution < -0.4 is 14.2 Å². The minimum Gasteiger partial charge on any atom is -0.493 e. The molecule has 0 saturated carbocycles. The van der Waals surface area contributed by atoms with E-state index in [0.29, 0.717) is 12.4 Å². The van der Waals surface area contributed by atoms with E-state index in [1.54, 1.807) is 0 Å². The number of benzene rings is 2. The van der Waals surface area contributed by atoms with Crippen molar-refractivity contribution in [2.24, 2.45) is 0 Å². The predicted octanol–water partition coefficient (Wildman–Crippen LogP) is 4.60. The fourth-order valence-corrected chi connectivity index (χ4v) is 3.46. The van der Waals surface area contributed by atoms with Gasteiger partial charge in [-0.3, -0.25) is 4.90 Å². The second-order valence-electron chi connectivity index (χ2n) is 7.10. The van der Waals surface area contributed by atoms with Gasteiger partial charge >= 0.3 is 0 Å². The van der Waals surface area contributed by atoms with Crippen LogP contribution >= 0.6 is 0 Å². The van der Waals surface area contributed by atoms with Crippen LogP contribution in [-0.4, -0.2) is 48.2 Å².